The lowest BCUT2D eigenvalue weighted by Crippen LogP contribution is -2.49. The number of nitrogens with zero attached hydrogens (tertiary/aromatic N) is 2. The van der Waals surface area contributed by atoms with Gasteiger partial charge < -0.3 is 10.2 Å². The Kier molecular flexibility index (Phi) is 10.6. The molecule has 0 heterocycles. The van der Waals surface area contributed by atoms with Crippen LogP contribution in [-0.2, 0) is 26.2 Å². The summed E-state index contributed by atoms with van der Waals surface area (Å²) in [7, 11) is -3.53. The predicted octanol–water partition coefficient (Wildman–Crippen LogP) is 4.45. The van der Waals surface area contributed by atoms with Gasteiger partial charge >= 0.3 is 0 Å². The van der Waals surface area contributed by atoms with Gasteiger partial charge in [-0.05, 0) is 74.6 Å². The summed E-state index contributed by atoms with van der Waals surface area (Å²) in [6, 6.07) is 12.2. The van der Waals surface area contributed by atoms with E-state index < -0.39 is 16.1 Å². The number of rotatable bonds is 12. The van der Waals surface area contributed by atoms with Crippen molar-refractivity contribution in [1.82, 2.24) is 10.2 Å². The van der Waals surface area contributed by atoms with E-state index in [0.717, 1.165) is 16.7 Å². The van der Waals surface area contributed by atoms with Crippen LogP contribution in [0.2, 0.25) is 5.02 Å². The highest BCUT2D eigenvalue weighted by molar-refractivity contribution is 7.92. The van der Waals surface area contributed by atoms with Crippen LogP contribution in [0, 0.1) is 13.8 Å². The number of nitrogens with one attached hydrogen (secondary N) is 1. The lowest BCUT2D eigenvalue weighted by molar-refractivity contribution is -0.141. The van der Waals surface area contributed by atoms with Crippen LogP contribution in [-0.4, -0.2) is 50.5 Å². The number of hydrogen-bond acceptors (Lipinski definition) is 4. The van der Waals surface area contributed by atoms with E-state index in [4.69, 9.17) is 11.6 Å². The molecule has 2 aromatic carbocycles. The molecule has 0 fully saturated rings. The fraction of sp³-hybridized carbons (Fsp3) is 0.462. The number of carbonyl (C=O) groups is 2. The summed E-state index contributed by atoms with van der Waals surface area (Å²) in [6.45, 7) is 8.44. The maximum atomic E-state index is 13.4. The number of aryl methyl sites for hydroxylation is 2. The second-order valence-electron chi connectivity index (χ2n) is 8.75. The smallest absolute Gasteiger partial charge is 0.242 e. The van der Waals surface area contributed by atoms with Gasteiger partial charge in [-0.1, -0.05) is 36.7 Å². The van der Waals surface area contributed by atoms with Crippen LogP contribution in [0.1, 0.15) is 49.8 Å². The van der Waals surface area contributed by atoms with E-state index in [1.807, 2.05) is 58.0 Å². The molecule has 0 bridgehead atoms. The molecule has 0 saturated heterocycles. The van der Waals surface area contributed by atoms with Crippen molar-refractivity contribution in [1.29, 1.82) is 0 Å². The number of amides is 2. The molecule has 0 aromatic heterocycles. The summed E-state index contributed by atoms with van der Waals surface area (Å²) in [5.41, 5.74) is 3.38. The average Bonchev–Trinajstić information content (AvgIpc) is 2.76. The number of hydrogen-bond donors (Lipinski definition) is 1. The summed E-state index contributed by atoms with van der Waals surface area (Å²) in [4.78, 5) is 27.6. The van der Waals surface area contributed by atoms with Gasteiger partial charge in [-0.15, -0.1) is 0 Å². The number of sulfonamides is 1. The van der Waals surface area contributed by atoms with Crippen molar-refractivity contribution in [2.45, 2.75) is 59.5 Å². The fourth-order valence-corrected chi connectivity index (χ4v) is 5.17. The van der Waals surface area contributed by atoms with Crippen molar-refractivity contribution < 1.29 is 18.0 Å². The van der Waals surface area contributed by atoms with Crippen molar-refractivity contribution in [2.75, 3.05) is 23.7 Å². The number of halogens is 1. The van der Waals surface area contributed by atoms with E-state index in [1.54, 1.807) is 17.0 Å². The largest absolute Gasteiger partial charge is 0.355 e. The molecule has 2 amide bonds. The van der Waals surface area contributed by atoms with Crippen LogP contribution in [0.25, 0.3) is 0 Å². The molecular weight excluding hydrogens is 486 g/mol. The van der Waals surface area contributed by atoms with Crippen LogP contribution in [0.4, 0.5) is 5.69 Å². The Morgan fingerprint density at radius 1 is 1.03 bits per heavy atom. The summed E-state index contributed by atoms with van der Waals surface area (Å²) in [6.07, 6.45) is 2.06. The molecule has 1 atom stereocenters. The Morgan fingerprint density at radius 2 is 1.63 bits per heavy atom. The monoisotopic (exact) mass is 521 g/mol. The van der Waals surface area contributed by atoms with Crippen molar-refractivity contribution >= 4 is 39.1 Å². The van der Waals surface area contributed by atoms with E-state index in [-0.39, 0.29) is 31.3 Å². The lowest BCUT2D eigenvalue weighted by Gasteiger charge is -2.31. The first-order chi connectivity index (χ1) is 16.5. The van der Waals surface area contributed by atoms with Gasteiger partial charge in [0.15, 0.2) is 0 Å². The number of benzene rings is 2. The topological polar surface area (TPSA) is 86.8 Å². The van der Waals surface area contributed by atoms with Crippen molar-refractivity contribution in [3.05, 3.63) is 64.2 Å². The molecule has 0 aliphatic rings. The van der Waals surface area contributed by atoms with Crippen LogP contribution >= 0.6 is 11.6 Å². The van der Waals surface area contributed by atoms with E-state index >= 15 is 0 Å². The molecule has 7 nitrogen and oxygen atoms in total. The molecular formula is C26H36ClN3O4S. The van der Waals surface area contributed by atoms with Crippen molar-refractivity contribution in [3.8, 4) is 0 Å². The molecule has 1 N–H and O–H groups in total. The fourth-order valence-electron chi connectivity index (χ4n) is 4.10. The molecule has 0 aliphatic carbocycles. The van der Waals surface area contributed by atoms with Gasteiger partial charge in [0, 0.05) is 31.1 Å². The van der Waals surface area contributed by atoms with Crippen LogP contribution in [0.3, 0.4) is 0 Å². The molecule has 9 heteroatoms. The van der Waals surface area contributed by atoms with E-state index in [9.17, 15) is 18.0 Å². The van der Waals surface area contributed by atoms with Gasteiger partial charge in [0.05, 0.1) is 11.9 Å². The normalized spacial score (nSPS) is 12.2. The Labute approximate surface area is 214 Å². The zero-order valence-electron chi connectivity index (χ0n) is 21.2. The van der Waals surface area contributed by atoms with Crippen LogP contribution in [0.15, 0.2) is 42.5 Å². The first-order valence-corrected chi connectivity index (χ1v) is 14.1. The molecule has 2 aromatic rings. The SMILES string of the molecule is CCNC(=O)[C@H](CC)N(Cc1ccc(Cl)cc1)C(=O)CCCN(c1cc(C)cc(C)c1)S(C)(=O)=O. The maximum absolute atomic E-state index is 13.4. The minimum atomic E-state index is -3.53. The third kappa shape index (κ3) is 8.54. The van der Waals surface area contributed by atoms with E-state index in [0.29, 0.717) is 30.1 Å². The zero-order chi connectivity index (χ0) is 26.2. The zero-order valence-corrected chi connectivity index (χ0v) is 22.7. The summed E-state index contributed by atoms with van der Waals surface area (Å²) in [5, 5.41) is 3.40. The predicted molar refractivity (Wildman–Crippen MR) is 142 cm³/mol. The quantitative estimate of drug-likeness (QED) is 0.447. The van der Waals surface area contributed by atoms with Gasteiger partial charge in [-0.3, -0.25) is 13.9 Å². The van der Waals surface area contributed by atoms with Crippen molar-refractivity contribution in [3.63, 3.8) is 0 Å². The molecule has 192 valence electrons. The highest BCUT2D eigenvalue weighted by Crippen LogP contribution is 2.23. The molecule has 0 aliphatic heterocycles. The maximum Gasteiger partial charge on any atom is 0.242 e. The van der Waals surface area contributed by atoms with Gasteiger partial charge in [-0.25, -0.2) is 8.42 Å². The Morgan fingerprint density at radius 3 is 2.14 bits per heavy atom. The minimum Gasteiger partial charge on any atom is -0.355 e. The number of carbonyl (C=O) groups excluding carboxylic acids is 2. The first kappa shape index (κ1) is 28.7. The third-order valence-electron chi connectivity index (χ3n) is 5.65. The summed E-state index contributed by atoms with van der Waals surface area (Å²) < 4.78 is 26.4. The molecule has 0 spiro atoms. The van der Waals surface area contributed by atoms with E-state index in [1.165, 1.54) is 10.6 Å². The van der Waals surface area contributed by atoms with Gasteiger partial charge in [0.1, 0.15) is 6.04 Å². The van der Waals surface area contributed by atoms with Gasteiger partial charge in [0.2, 0.25) is 21.8 Å². The van der Waals surface area contributed by atoms with Crippen molar-refractivity contribution in [2.24, 2.45) is 0 Å². The number of anilines is 1. The molecule has 0 saturated carbocycles. The van der Waals surface area contributed by atoms with Crippen LogP contribution in [0.5, 0.6) is 0 Å². The molecule has 35 heavy (non-hydrogen) atoms. The van der Waals surface area contributed by atoms with Crippen LogP contribution < -0.4 is 9.62 Å². The summed E-state index contributed by atoms with van der Waals surface area (Å²) in [5.74, 6) is -0.405. The third-order valence-corrected chi connectivity index (χ3v) is 7.10. The summed E-state index contributed by atoms with van der Waals surface area (Å²) >= 11 is 6.00. The second kappa shape index (κ2) is 12.9. The Bertz CT molecular complexity index is 1100. The molecule has 0 unspecified atom stereocenters. The second-order valence-corrected chi connectivity index (χ2v) is 11.1. The van der Waals surface area contributed by atoms with E-state index in [2.05, 4.69) is 5.32 Å². The Hall–Kier alpha value is -2.58. The average molecular weight is 522 g/mol. The Balaban J connectivity index is 2.22. The highest BCUT2D eigenvalue weighted by Gasteiger charge is 2.28. The standard InChI is InChI=1S/C26H36ClN3O4S/c1-6-24(26(32)28-7-2)29(18-21-10-12-22(27)13-11-21)25(31)9-8-14-30(35(5,33)34)23-16-19(3)15-20(4)17-23/h10-13,15-17,24H,6-9,14,18H2,1-5H3,(H,28,32)/t24-/m0/s1. The lowest BCUT2D eigenvalue weighted by atomic mass is 10.1. The van der Waals surface area contributed by atoms with Gasteiger partial charge in [0.25, 0.3) is 0 Å². The first-order valence-electron chi connectivity index (χ1n) is 11.8. The molecule has 0 radical (unpaired) electrons. The van der Waals surface area contributed by atoms with Gasteiger partial charge in [-0.2, -0.15) is 0 Å². The minimum absolute atomic E-state index is 0.111. The number of likely N-dealkylation sites (N-methyl/N-ethyl adjacent to an activating group) is 1. The molecule has 2 rings (SSSR count). The highest BCUT2D eigenvalue weighted by atomic mass is 35.5.